The van der Waals surface area contributed by atoms with Gasteiger partial charge in [-0.25, -0.2) is 13.6 Å². The lowest BCUT2D eigenvalue weighted by Gasteiger charge is -2.33. The third-order valence-electron chi connectivity index (χ3n) is 7.77. The van der Waals surface area contributed by atoms with Crippen LogP contribution in [0.3, 0.4) is 0 Å². The van der Waals surface area contributed by atoms with Crippen molar-refractivity contribution in [3.05, 3.63) is 12.2 Å². The van der Waals surface area contributed by atoms with Crippen molar-refractivity contribution >= 4 is 5.97 Å². The maximum Gasteiger partial charge on any atom is 0.330 e. The number of hydrogen-bond donors (Lipinski definition) is 2. The highest BCUT2D eigenvalue weighted by molar-refractivity contribution is 5.81. The van der Waals surface area contributed by atoms with Gasteiger partial charge in [-0.1, -0.05) is 38.7 Å². The molecule has 38 heavy (non-hydrogen) atoms. The van der Waals surface area contributed by atoms with E-state index in [9.17, 15) is 23.8 Å². The molecule has 0 radical (unpaired) electrons. The summed E-state index contributed by atoms with van der Waals surface area (Å²) in [7, 11) is 0. The second kappa shape index (κ2) is 17.6. The number of aliphatic hydroxyl groups is 2. The summed E-state index contributed by atoms with van der Waals surface area (Å²) in [5.74, 6) is -3.67. The van der Waals surface area contributed by atoms with Crippen LogP contribution in [0.5, 0.6) is 0 Å². The van der Waals surface area contributed by atoms with Gasteiger partial charge in [0.25, 0.3) is 0 Å². The van der Waals surface area contributed by atoms with E-state index < -0.39 is 24.2 Å². The number of carbonyl (C=O) groups is 1. The predicted molar refractivity (Wildman–Crippen MR) is 144 cm³/mol. The molecule has 2 aliphatic rings. The molecule has 2 fully saturated rings. The number of carbonyl (C=O) groups excluding carboxylic acids is 1. The van der Waals surface area contributed by atoms with Crippen LogP contribution in [0, 0.1) is 11.8 Å². The molecule has 8 heteroatoms. The van der Waals surface area contributed by atoms with Gasteiger partial charge in [0.15, 0.2) is 6.29 Å². The molecule has 0 spiro atoms. The van der Waals surface area contributed by atoms with E-state index in [0.29, 0.717) is 25.9 Å². The zero-order valence-corrected chi connectivity index (χ0v) is 23.8. The summed E-state index contributed by atoms with van der Waals surface area (Å²) in [4.78, 5) is 11.5. The van der Waals surface area contributed by atoms with Crippen LogP contribution in [-0.4, -0.2) is 59.4 Å². The number of halogens is 2. The van der Waals surface area contributed by atoms with E-state index in [1.54, 1.807) is 0 Å². The van der Waals surface area contributed by atoms with Crippen LogP contribution in [0.15, 0.2) is 12.2 Å². The molecule has 2 N–H and O–H groups in total. The SMILES string of the molecule is CCCCC(F)(F)CC[C@@H](O)[C@H]1[C@@H](CCCCCC/C=C/C(=O)OC(C)C)[C@H](O)C[C@H]1O[C@@H]1CCCCO1. The molecule has 0 aromatic rings. The largest absolute Gasteiger partial charge is 0.460 e. The third kappa shape index (κ3) is 12.4. The van der Waals surface area contributed by atoms with E-state index in [-0.39, 0.29) is 49.5 Å². The second-order valence-electron chi connectivity index (χ2n) is 11.5. The van der Waals surface area contributed by atoms with Crippen molar-refractivity contribution in [2.75, 3.05) is 6.61 Å². The van der Waals surface area contributed by atoms with Gasteiger partial charge < -0.3 is 24.4 Å². The van der Waals surface area contributed by atoms with Gasteiger partial charge in [-0.05, 0) is 71.1 Å². The Labute approximate surface area is 228 Å². The van der Waals surface area contributed by atoms with Gasteiger partial charge in [0, 0.05) is 37.9 Å². The van der Waals surface area contributed by atoms with E-state index in [1.165, 1.54) is 6.08 Å². The molecule has 222 valence electrons. The van der Waals surface area contributed by atoms with E-state index in [1.807, 2.05) is 26.8 Å². The average Bonchev–Trinajstić information content (AvgIpc) is 3.17. The summed E-state index contributed by atoms with van der Waals surface area (Å²) in [6.45, 7) is 6.16. The Balaban J connectivity index is 1.87. The number of unbranched alkanes of at least 4 members (excludes halogenated alkanes) is 5. The Kier molecular flexibility index (Phi) is 15.3. The Morgan fingerprint density at radius 2 is 1.89 bits per heavy atom. The lowest BCUT2D eigenvalue weighted by Crippen LogP contribution is -2.38. The molecule has 1 aliphatic heterocycles. The van der Waals surface area contributed by atoms with Gasteiger partial charge in [0.2, 0.25) is 5.92 Å². The van der Waals surface area contributed by atoms with Gasteiger partial charge in [0.05, 0.1) is 24.4 Å². The Bertz CT molecular complexity index is 680. The molecular formula is C30H52F2O6. The highest BCUT2D eigenvalue weighted by Crippen LogP contribution is 2.43. The first-order valence-corrected chi connectivity index (χ1v) is 15.0. The molecule has 0 aromatic heterocycles. The summed E-state index contributed by atoms with van der Waals surface area (Å²) in [5, 5.41) is 22.0. The molecule has 0 bridgehead atoms. The molecule has 1 saturated carbocycles. The zero-order valence-electron chi connectivity index (χ0n) is 23.8. The number of hydrogen-bond acceptors (Lipinski definition) is 6. The highest BCUT2D eigenvalue weighted by Gasteiger charge is 2.47. The topological polar surface area (TPSA) is 85.2 Å². The van der Waals surface area contributed by atoms with E-state index in [0.717, 1.165) is 57.8 Å². The van der Waals surface area contributed by atoms with Crippen LogP contribution in [0.25, 0.3) is 0 Å². The van der Waals surface area contributed by atoms with Gasteiger partial charge in [0.1, 0.15) is 0 Å². The molecule has 0 amide bonds. The summed E-state index contributed by atoms with van der Waals surface area (Å²) < 4.78 is 45.7. The summed E-state index contributed by atoms with van der Waals surface area (Å²) >= 11 is 0. The van der Waals surface area contributed by atoms with Crippen molar-refractivity contribution in [2.24, 2.45) is 11.8 Å². The van der Waals surface area contributed by atoms with Crippen molar-refractivity contribution in [2.45, 2.75) is 154 Å². The standard InChI is InChI=1S/C30H52F2O6/c1-4-5-18-30(31,32)19-17-24(33)29-23(25(34)21-26(29)38-28-16-12-13-20-36-28)14-10-8-6-7-9-11-15-27(35)37-22(2)3/h11,15,22-26,28-29,33-34H,4-10,12-14,16-21H2,1-3H3/b15-11+/t23-,24+,25+,26+,28+,29+/m0/s1. The average molecular weight is 547 g/mol. The molecule has 6 nitrogen and oxygen atoms in total. The number of esters is 1. The van der Waals surface area contributed by atoms with E-state index in [4.69, 9.17) is 14.2 Å². The van der Waals surface area contributed by atoms with Crippen molar-refractivity contribution in [3.8, 4) is 0 Å². The van der Waals surface area contributed by atoms with Crippen LogP contribution in [0.2, 0.25) is 0 Å². The first kappa shape index (κ1) is 33.1. The van der Waals surface area contributed by atoms with Gasteiger partial charge in [-0.3, -0.25) is 0 Å². The Hall–Kier alpha value is -1.09. The molecule has 6 atom stereocenters. The van der Waals surface area contributed by atoms with Gasteiger partial charge in [-0.2, -0.15) is 0 Å². The lowest BCUT2D eigenvalue weighted by molar-refractivity contribution is -0.203. The van der Waals surface area contributed by atoms with Crippen molar-refractivity contribution < 1.29 is 38.0 Å². The number of alkyl halides is 2. The molecule has 1 heterocycles. The first-order chi connectivity index (χ1) is 18.1. The minimum atomic E-state index is -2.79. The number of aliphatic hydroxyl groups excluding tert-OH is 2. The molecule has 0 aromatic carbocycles. The minimum absolute atomic E-state index is 0.00155. The summed E-state index contributed by atoms with van der Waals surface area (Å²) in [6.07, 6.45) is 10.0. The monoisotopic (exact) mass is 546 g/mol. The van der Waals surface area contributed by atoms with Crippen molar-refractivity contribution in [1.82, 2.24) is 0 Å². The maximum atomic E-state index is 14.3. The fourth-order valence-corrected chi connectivity index (χ4v) is 5.74. The van der Waals surface area contributed by atoms with Crippen molar-refractivity contribution in [1.29, 1.82) is 0 Å². The van der Waals surface area contributed by atoms with Crippen LogP contribution < -0.4 is 0 Å². The van der Waals surface area contributed by atoms with Crippen LogP contribution in [-0.2, 0) is 19.0 Å². The van der Waals surface area contributed by atoms with Gasteiger partial charge >= 0.3 is 5.97 Å². The minimum Gasteiger partial charge on any atom is -0.460 e. The quantitative estimate of drug-likeness (QED) is 0.113. The Morgan fingerprint density at radius 1 is 1.13 bits per heavy atom. The maximum absolute atomic E-state index is 14.3. The van der Waals surface area contributed by atoms with Gasteiger partial charge in [-0.15, -0.1) is 0 Å². The number of allylic oxidation sites excluding steroid dienone is 1. The third-order valence-corrected chi connectivity index (χ3v) is 7.77. The highest BCUT2D eigenvalue weighted by atomic mass is 19.3. The Morgan fingerprint density at radius 3 is 2.58 bits per heavy atom. The summed E-state index contributed by atoms with van der Waals surface area (Å²) in [6, 6.07) is 0. The van der Waals surface area contributed by atoms with Crippen LogP contribution in [0.1, 0.15) is 117 Å². The van der Waals surface area contributed by atoms with E-state index in [2.05, 4.69) is 0 Å². The number of rotatable bonds is 18. The van der Waals surface area contributed by atoms with Crippen LogP contribution >= 0.6 is 0 Å². The molecular weight excluding hydrogens is 494 g/mol. The predicted octanol–water partition coefficient (Wildman–Crippen LogP) is 6.71. The lowest BCUT2D eigenvalue weighted by atomic mass is 9.82. The fourth-order valence-electron chi connectivity index (χ4n) is 5.74. The first-order valence-electron chi connectivity index (χ1n) is 15.0. The fraction of sp³-hybridized carbons (Fsp3) is 0.900. The molecule has 1 saturated heterocycles. The van der Waals surface area contributed by atoms with Crippen LogP contribution in [0.4, 0.5) is 8.78 Å². The summed E-state index contributed by atoms with van der Waals surface area (Å²) in [5.41, 5.74) is 0. The number of ether oxygens (including phenoxy) is 3. The smallest absolute Gasteiger partial charge is 0.330 e. The van der Waals surface area contributed by atoms with Crippen molar-refractivity contribution in [3.63, 3.8) is 0 Å². The molecule has 1 aliphatic carbocycles. The normalized spacial score (nSPS) is 27.3. The second-order valence-corrected chi connectivity index (χ2v) is 11.5. The zero-order chi connectivity index (χ0) is 28.0. The van der Waals surface area contributed by atoms with E-state index >= 15 is 0 Å². The molecule has 0 unspecified atom stereocenters. The molecule has 2 rings (SSSR count).